The van der Waals surface area contributed by atoms with Gasteiger partial charge >= 0.3 is 0 Å². The lowest BCUT2D eigenvalue weighted by atomic mass is 10.3. The standard InChI is InChI=1S/C9H9NO2/c11-6-2-5-8-3-1-4-9(7-12)10-8/h1-5,7,11H,6H2. The minimum atomic E-state index is -0.0208. The molecule has 0 fully saturated rings. The summed E-state index contributed by atoms with van der Waals surface area (Å²) >= 11 is 0. The number of hydrogen-bond acceptors (Lipinski definition) is 3. The molecule has 0 saturated heterocycles. The van der Waals surface area contributed by atoms with E-state index in [2.05, 4.69) is 4.98 Å². The van der Waals surface area contributed by atoms with Gasteiger partial charge in [0.15, 0.2) is 6.29 Å². The van der Waals surface area contributed by atoms with Crippen molar-refractivity contribution in [3.63, 3.8) is 0 Å². The van der Waals surface area contributed by atoms with E-state index in [-0.39, 0.29) is 6.61 Å². The number of aldehydes is 1. The topological polar surface area (TPSA) is 50.2 Å². The Morgan fingerprint density at radius 2 is 2.17 bits per heavy atom. The highest BCUT2D eigenvalue weighted by molar-refractivity contribution is 5.72. The summed E-state index contributed by atoms with van der Waals surface area (Å²) in [4.78, 5) is 14.3. The second kappa shape index (κ2) is 4.41. The zero-order valence-corrected chi connectivity index (χ0v) is 6.47. The maximum absolute atomic E-state index is 10.3. The normalized spacial score (nSPS) is 10.4. The van der Waals surface area contributed by atoms with Crippen molar-refractivity contribution in [2.75, 3.05) is 6.61 Å². The van der Waals surface area contributed by atoms with E-state index in [4.69, 9.17) is 5.11 Å². The van der Waals surface area contributed by atoms with Crippen LogP contribution in [0.25, 0.3) is 6.08 Å². The number of aromatic nitrogens is 1. The molecule has 0 spiro atoms. The zero-order chi connectivity index (χ0) is 8.81. The number of carbonyl (C=O) groups excluding carboxylic acids is 1. The van der Waals surface area contributed by atoms with Gasteiger partial charge in [-0.3, -0.25) is 4.79 Å². The van der Waals surface area contributed by atoms with Gasteiger partial charge in [0, 0.05) is 0 Å². The second-order valence-corrected chi connectivity index (χ2v) is 2.19. The molecule has 0 aliphatic rings. The van der Waals surface area contributed by atoms with Crippen molar-refractivity contribution >= 4 is 12.4 Å². The Morgan fingerprint density at radius 1 is 1.42 bits per heavy atom. The lowest BCUT2D eigenvalue weighted by Gasteiger charge is -1.92. The minimum Gasteiger partial charge on any atom is -0.392 e. The van der Waals surface area contributed by atoms with E-state index >= 15 is 0 Å². The highest BCUT2D eigenvalue weighted by Gasteiger charge is 1.90. The van der Waals surface area contributed by atoms with E-state index in [0.717, 1.165) is 0 Å². The predicted octanol–water partition coefficient (Wildman–Crippen LogP) is 0.900. The quantitative estimate of drug-likeness (QED) is 0.673. The van der Waals surface area contributed by atoms with Crippen molar-refractivity contribution in [3.8, 4) is 0 Å². The molecule has 1 heterocycles. The molecule has 62 valence electrons. The summed E-state index contributed by atoms with van der Waals surface area (Å²) in [6.45, 7) is -0.0208. The number of hydrogen-bond donors (Lipinski definition) is 1. The van der Waals surface area contributed by atoms with Gasteiger partial charge < -0.3 is 5.11 Å². The molecule has 1 aromatic heterocycles. The SMILES string of the molecule is O=Cc1cccc(C=CCO)n1. The zero-order valence-electron chi connectivity index (χ0n) is 6.47. The van der Waals surface area contributed by atoms with Crippen molar-refractivity contribution in [2.45, 2.75) is 0 Å². The highest BCUT2D eigenvalue weighted by atomic mass is 16.2. The summed E-state index contributed by atoms with van der Waals surface area (Å²) in [6, 6.07) is 5.14. The van der Waals surface area contributed by atoms with E-state index in [0.29, 0.717) is 17.7 Å². The van der Waals surface area contributed by atoms with E-state index < -0.39 is 0 Å². The molecule has 0 atom stereocenters. The lowest BCUT2D eigenvalue weighted by Crippen LogP contribution is -1.88. The van der Waals surface area contributed by atoms with Crippen LogP contribution in [-0.2, 0) is 0 Å². The van der Waals surface area contributed by atoms with Crippen LogP contribution in [0.5, 0.6) is 0 Å². The number of pyridine rings is 1. The van der Waals surface area contributed by atoms with Gasteiger partial charge in [-0.15, -0.1) is 0 Å². The molecule has 3 heteroatoms. The predicted molar refractivity (Wildman–Crippen MR) is 45.7 cm³/mol. The molecular formula is C9H9NO2. The fourth-order valence-electron chi connectivity index (χ4n) is 0.801. The number of nitrogens with zero attached hydrogens (tertiary/aromatic N) is 1. The van der Waals surface area contributed by atoms with Crippen molar-refractivity contribution < 1.29 is 9.90 Å². The largest absolute Gasteiger partial charge is 0.392 e. The van der Waals surface area contributed by atoms with Crippen LogP contribution in [0.4, 0.5) is 0 Å². The van der Waals surface area contributed by atoms with Gasteiger partial charge in [0.25, 0.3) is 0 Å². The Bertz CT molecular complexity index is 294. The van der Waals surface area contributed by atoms with E-state index in [9.17, 15) is 4.79 Å². The molecule has 1 rings (SSSR count). The Hall–Kier alpha value is -1.48. The van der Waals surface area contributed by atoms with Crippen molar-refractivity contribution in [3.05, 3.63) is 35.7 Å². The Morgan fingerprint density at radius 3 is 2.83 bits per heavy atom. The number of aliphatic hydroxyl groups is 1. The average Bonchev–Trinajstić information content (AvgIpc) is 2.15. The summed E-state index contributed by atoms with van der Waals surface area (Å²) < 4.78 is 0. The summed E-state index contributed by atoms with van der Waals surface area (Å²) in [5, 5.41) is 8.47. The van der Waals surface area contributed by atoms with E-state index in [1.54, 1.807) is 30.4 Å². The number of aliphatic hydroxyl groups excluding tert-OH is 1. The van der Waals surface area contributed by atoms with Crippen molar-refractivity contribution in [2.24, 2.45) is 0 Å². The Kier molecular flexibility index (Phi) is 3.17. The first kappa shape index (κ1) is 8.62. The van der Waals surface area contributed by atoms with Gasteiger partial charge in [0.2, 0.25) is 0 Å². The van der Waals surface area contributed by atoms with Crippen molar-refractivity contribution in [1.82, 2.24) is 4.98 Å². The van der Waals surface area contributed by atoms with Crippen LogP contribution in [0.1, 0.15) is 16.2 Å². The fraction of sp³-hybridized carbons (Fsp3) is 0.111. The third kappa shape index (κ3) is 2.29. The van der Waals surface area contributed by atoms with Gasteiger partial charge in [-0.05, 0) is 18.2 Å². The first-order valence-corrected chi connectivity index (χ1v) is 3.56. The molecule has 12 heavy (non-hydrogen) atoms. The Balaban J connectivity index is 2.86. The Labute approximate surface area is 70.4 Å². The third-order valence-corrected chi connectivity index (χ3v) is 1.31. The average molecular weight is 163 g/mol. The van der Waals surface area contributed by atoms with Crippen LogP contribution >= 0.6 is 0 Å². The molecule has 0 bridgehead atoms. The molecule has 0 aliphatic carbocycles. The molecule has 0 aromatic carbocycles. The molecule has 1 N–H and O–H groups in total. The molecular weight excluding hydrogens is 154 g/mol. The minimum absolute atomic E-state index is 0.0208. The van der Waals surface area contributed by atoms with Crippen LogP contribution in [0.3, 0.4) is 0 Å². The smallest absolute Gasteiger partial charge is 0.168 e. The molecule has 0 amide bonds. The van der Waals surface area contributed by atoms with Crippen LogP contribution in [0.15, 0.2) is 24.3 Å². The first-order valence-electron chi connectivity index (χ1n) is 3.56. The molecule has 0 radical (unpaired) electrons. The molecule has 1 aromatic rings. The fourth-order valence-corrected chi connectivity index (χ4v) is 0.801. The highest BCUT2D eigenvalue weighted by Crippen LogP contribution is 1.99. The summed E-state index contributed by atoms with van der Waals surface area (Å²) in [5.41, 5.74) is 1.07. The first-order chi connectivity index (χ1) is 5.86. The van der Waals surface area contributed by atoms with E-state index in [1.165, 1.54) is 0 Å². The van der Waals surface area contributed by atoms with Crippen LogP contribution in [0.2, 0.25) is 0 Å². The van der Waals surface area contributed by atoms with Gasteiger partial charge in [0.05, 0.1) is 12.3 Å². The molecule has 0 unspecified atom stereocenters. The van der Waals surface area contributed by atoms with Crippen molar-refractivity contribution in [1.29, 1.82) is 0 Å². The van der Waals surface area contributed by atoms with Gasteiger partial charge in [-0.25, -0.2) is 4.98 Å². The summed E-state index contributed by atoms with van der Waals surface area (Å²) in [5.74, 6) is 0. The summed E-state index contributed by atoms with van der Waals surface area (Å²) in [6.07, 6.45) is 3.92. The number of rotatable bonds is 3. The maximum Gasteiger partial charge on any atom is 0.168 e. The maximum atomic E-state index is 10.3. The van der Waals surface area contributed by atoms with Gasteiger partial charge in [-0.1, -0.05) is 12.1 Å². The van der Waals surface area contributed by atoms with Crippen LogP contribution < -0.4 is 0 Å². The van der Waals surface area contributed by atoms with Gasteiger partial charge in [0.1, 0.15) is 5.69 Å². The summed E-state index contributed by atoms with van der Waals surface area (Å²) in [7, 11) is 0. The van der Waals surface area contributed by atoms with Gasteiger partial charge in [-0.2, -0.15) is 0 Å². The molecule has 3 nitrogen and oxygen atoms in total. The van der Waals surface area contributed by atoms with Crippen LogP contribution in [-0.4, -0.2) is 23.0 Å². The lowest BCUT2D eigenvalue weighted by molar-refractivity contribution is 0.111. The van der Waals surface area contributed by atoms with E-state index in [1.807, 2.05) is 0 Å². The third-order valence-electron chi connectivity index (χ3n) is 1.31. The van der Waals surface area contributed by atoms with Crippen LogP contribution in [0, 0.1) is 0 Å². The molecule has 0 saturated carbocycles. The molecule has 0 aliphatic heterocycles. The second-order valence-electron chi connectivity index (χ2n) is 2.19. The number of carbonyl (C=O) groups is 1. The monoisotopic (exact) mass is 163 g/mol.